The highest BCUT2D eigenvalue weighted by atomic mass is 32.2. The molecule has 0 aromatic rings. The van der Waals surface area contributed by atoms with Crippen LogP contribution in [0.1, 0.15) is 303 Å². The minimum Gasteiger partial charge on any atom is -0.391 e. The zero-order valence-corrected chi connectivity index (χ0v) is 41.1. The fourth-order valence-corrected chi connectivity index (χ4v) is 9.58. The average molecular weight is 872 g/mol. The maximum absolute atomic E-state index is 12.7. The van der Waals surface area contributed by atoms with Crippen LogP contribution in [0.15, 0.2) is 0 Å². The van der Waals surface area contributed by atoms with E-state index in [4.69, 9.17) is 0 Å². The molecule has 0 aromatic carbocycles. The molecule has 0 aliphatic rings. The molecule has 0 aliphatic heterocycles. The van der Waals surface area contributed by atoms with Crippen molar-refractivity contribution in [3.8, 4) is 0 Å². The van der Waals surface area contributed by atoms with Crippen LogP contribution in [0.25, 0.3) is 0 Å². The second-order valence-electron chi connectivity index (χ2n) is 19.0. The molecule has 3 atom stereocenters. The molecule has 0 spiro atoms. The van der Waals surface area contributed by atoms with Crippen molar-refractivity contribution >= 4 is 16.0 Å². The molecule has 3 unspecified atom stereocenters. The summed E-state index contributed by atoms with van der Waals surface area (Å²) in [5.74, 6) is -1.43. The fourth-order valence-electron chi connectivity index (χ4n) is 8.82. The van der Waals surface area contributed by atoms with Crippen LogP contribution in [0.2, 0.25) is 0 Å². The van der Waals surface area contributed by atoms with Gasteiger partial charge in [-0.25, -0.2) is 0 Å². The molecule has 0 aromatic heterocycles. The van der Waals surface area contributed by atoms with Crippen LogP contribution < -0.4 is 5.32 Å². The molecule has 0 aliphatic carbocycles. The molecular weight excluding hydrogens is 767 g/mol. The quantitative estimate of drug-likeness (QED) is 0.0356. The van der Waals surface area contributed by atoms with Gasteiger partial charge in [0.25, 0.3) is 10.1 Å². The van der Waals surface area contributed by atoms with Crippen LogP contribution in [0.4, 0.5) is 0 Å². The van der Waals surface area contributed by atoms with Gasteiger partial charge in [0.1, 0.15) is 6.10 Å². The predicted molar refractivity (Wildman–Crippen MR) is 259 cm³/mol. The van der Waals surface area contributed by atoms with Crippen molar-refractivity contribution in [1.82, 2.24) is 5.32 Å². The molecule has 0 saturated heterocycles. The normalized spacial score (nSPS) is 13.5. The Hall–Kier alpha value is -0.700. The van der Waals surface area contributed by atoms with E-state index in [-0.39, 0.29) is 0 Å². The zero-order valence-electron chi connectivity index (χ0n) is 40.2. The van der Waals surface area contributed by atoms with E-state index in [1.165, 1.54) is 231 Å². The second-order valence-corrected chi connectivity index (χ2v) is 20.5. The first-order valence-corrected chi connectivity index (χ1v) is 28.4. The molecular formula is C52H105NO6S. The van der Waals surface area contributed by atoms with E-state index in [1.807, 2.05) is 0 Å². The third-order valence-corrected chi connectivity index (χ3v) is 13.7. The molecule has 7 nitrogen and oxygen atoms in total. The Labute approximate surface area is 374 Å². The number of carbonyl (C=O) groups excluding carboxylic acids is 1. The minimum absolute atomic E-state index is 0.305. The van der Waals surface area contributed by atoms with E-state index in [0.717, 1.165) is 44.9 Å². The van der Waals surface area contributed by atoms with E-state index in [1.54, 1.807) is 0 Å². The second kappa shape index (κ2) is 46.3. The monoisotopic (exact) mass is 872 g/mol. The van der Waals surface area contributed by atoms with Gasteiger partial charge in [-0.3, -0.25) is 9.35 Å². The highest BCUT2D eigenvalue weighted by Gasteiger charge is 2.28. The van der Waals surface area contributed by atoms with E-state index in [2.05, 4.69) is 19.2 Å². The van der Waals surface area contributed by atoms with Gasteiger partial charge in [-0.05, 0) is 12.8 Å². The van der Waals surface area contributed by atoms with Crippen LogP contribution in [0, 0.1) is 0 Å². The number of hydrogen-bond donors (Lipinski definition) is 4. The molecule has 0 fully saturated rings. The Morgan fingerprint density at radius 1 is 0.383 bits per heavy atom. The number of hydrogen-bond acceptors (Lipinski definition) is 5. The van der Waals surface area contributed by atoms with Crippen molar-refractivity contribution in [3.63, 3.8) is 0 Å². The lowest BCUT2D eigenvalue weighted by Gasteiger charge is -2.24. The lowest BCUT2D eigenvalue weighted by Crippen LogP contribution is -2.50. The number of aliphatic hydroxyl groups excluding tert-OH is 2. The zero-order chi connectivity index (χ0) is 44.0. The van der Waals surface area contributed by atoms with Gasteiger partial charge in [-0.15, -0.1) is 0 Å². The van der Waals surface area contributed by atoms with E-state index in [9.17, 15) is 28.0 Å². The van der Waals surface area contributed by atoms with Gasteiger partial charge in [-0.2, -0.15) is 8.42 Å². The Balaban J connectivity index is 3.78. The lowest BCUT2D eigenvalue weighted by atomic mass is 10.0. The van der Waals surface area contributed by atoms with Crippen molar-refractivity contribution in [2.45, 2.75) is 321 Å². The molecule has 4 N–H and O–H groups in total. The van der Waals surface area contributed by atoms with E-state index >= 15 is 0 Å². The van der Waals surface area contributed by atoms with Crippen LogP contribution in [0.5, 0.6) is 0 Å². The lowest BCUT2D eigenvalue weighted by molar-refractivity contribution is -0.131. The van der Waals surface area contributed by atoms with Gasteiger partial charge in [0.2, 0.25) is 5.91 Å². The first kappa shape index (κ1) is 59.3. The first-order valence-electron chi connectivity index (χ1n) is 26.8. The standard InChI is InChI=1S/C52H105NO6S/c1-3-5-7-9-11-13-15-17-19-21-23-25-27-29-31-33-35-37-39-41-43-45-47-51(55)52(56)53-49(48-60(57,58)59)50(54)46-44-42-40-38-36-34-32-30-28-26-24-22-20-18-16-14-12-10-8-6-4-2/h49-51,54-55H,3-48H2,1-2H3,(H,53,56)(H,57,58,59). The van der Waals surface area contributed by atoms with Crippen LogP contribution >= 0.6 is 0 Å². The smallest absolute Gasteiger partial charge is 0.266 e. The minimum atomic E-state index is -4.41. The van der Waals surface area contributed by atoms with Gasteiger partial charge < -0.3 is 15.5 Å². The summed E-state index contributed by atoms with van der Waals surface area (Å²) in [7, 11) is -4.41. The maximum Gasteiger partial charge on any atom is 0.266 e. The predicted octanol–water partition coefficient (Wildman–Crippen LogP) is 15.7. The number of nitrogens with one attached hydrogen (secondary N) is 1. The van der Waals surface area contributed by atoms with Crippen molar-refractivity contribution in [3.05, 3.63) is 0 Å². The Morgan fingerprint density at radius 3 is 0.833 bits per heavy atom. The summed E-state index contributed by atoms with van der Waals surface area (Å²) in [5, 5.41) is 23.7. The van der Waals surface area contributed by atoms with Gasteiger partial charge in [0.05, 0.1) is 17.9 Å². The molecule has 0 heterocycles. The number of aliphatic hydroxyl groups is 2. The van der Waals surface area contributed by atoms with Gasteiger partial charge >= 0.3 is 0 Å². The highest BCUT2D eigenvalue weighted by Crippen LogP contribution is 2.18. The molecule has 1 amide bonds. The van der Waals surface area contributed by atoms with Crippen molar-refractivity contribution in [1.29, 1.82) is 0 Å². The summed E-state index contributed by atoms with van der Waals surface area (Å²) < 4.78 is 32.8. The average Bonchev–Trinajstić information content (AvgIpc) is 3.22. The van der Waals surface area contributed by atoms with Crippen molar-refractivity contribution in [2.24, 2.45) is 0 Å². The summed E-state index contributed by atoms with van der Waals surface area (Å²) in [6.07, 6.45) is 54.2. The van der Waals surface area contributed by atoms with E-state index < -0.39 is 40.0 Å². The molecule has 0 radical (unpaired) electrons. The molecule has 0 bridgehead atoms. The van der Waals surface area contributed by atoms with E-state index in [0.29, 0.717) is 12.8 Å². The van der Waals surface area contributed by atoms with Crippen LogP contribution in [-0.4, -0.2) is 53.1 Å². The van der Waals surface area contributed by atoms with Crippen LogP contribution in [0.3, 0.4) is 0 Å². The third-order valence-electron chi connectivity index (χ3n) is 12.9. The Morgan fingerprint density at radius 2 is 0.600 bits per heavy atom. The molecule has 0 rings (SSSR count). The Bertz CT molecular complexity index is 978. The third kappa shape index (κ3) is 45.3. The highest BCUT2D eigenvalue weighted by molar-refractivity contribution is 7.85. The maximum atomic E-state index is 12.7. The van der Waals surface area contributed by atoms with Gasteiger partial charge in [-0.1, -0.05) is 290 Å². The van der Waals surface area contributed by atoms with Crippen molar-refractivity contribution < 1.29 is 28.0 Å². The molecule has 8 heteroatoms. The fraction of sp³-hybridized carbons (Fsp3) is 0.981. The summed E-state index contributed by atoms with van der Waals surface area (Å²) in [4.78, 5) is 12.7. The van der Waals surface area contributed by atoms with Crippen molar-refractivity contribution in [2.75, 3.05) is 5.75 Å². The van der Waals surface area contributed by atoms with Gasteiger partial charge in [0, 0.05) is 0 Å². The first-order chi connectivity index (χ1) is 29.2. The summed E-state index contributed by atoms with van der Waals surface area (Å²) in [6, 6.07) is -1.14. The molecule has 60 heavy (non-hydrogen) atoms. The summed E-state index contributed by atoms with van der Waals surface area (Å²) >= 11 is 0. The topological polar surface area (TPSA) is 124 Å². The summed E-state index contributed by atoms with van der Waals surface area (Å²) in [6.45, 7) is 4.56. The summed E-state index contributed by atoms with van der Waals surface area (Å²) in [5.41, 5.74) is 0. The molecule has 0 saturated carbocycles. The largest absolute Gasteiger partial charge is 0.391 e. The molecule has 360 valence electrons. The number of rotatable bonds is 50. The number of carbonyl (C=O) groups is 1. The SMILES string of the molecule is CCCCCCCCCCCCCCCCCCCCCCCCC(O)C(=O)NC(CS(=O)(=O)O)C(O)CCCCCCCCCCCCCCCCCCCCCCC. The van der Waals surface area contributed by atoms with Crippen LogP contribution in [-0.2, 0) is 14.9 Å². The Kier molecular flexibility index (Phi) is 45.8. The number of unbranched alkanes of at least 4 members (excludes halogenated alkanes) is 41. The number of amides is 1. The van der Waals surface area contributed by atoms with Gasteiger partial charge in [0.15, 0.2) is 0 Å².